The smallest absolute Gasteiger partial charge is 0.208 e. The van der Waals surface area contributed by atoms with E-state index in [-0.39, 0.29) is 9.79 Å². The van der Waals surface area contributed by atoms with Crippen molar-refractivity contribution in [2.75, 3.05) is 19.7 Å². The number of ether oxygens (including phenoxy) is 1. The number of sulfone groups is 1. The van der Waals surface area contributed by atoms with Crippen molar-refractivity contribution in [2.24, 2.45) is 0 Å². The van der Waals surface area contributed by atoms with Crippen molar-refractivity contribution in [2.45, 2.75) is 22.6 Å². The highest BCUT2D eigenvalue weighted by atomic mass is 32.2. The number of benzene rings is 1. The summed E-state index contributed by atoms with van der Waals surface area (Å²) in [5.74, 6) is 0.661. The number of H-pyrrole nitrogens is 1. The summed E-state index contributed by atoms with van der Waals surface area (Å²) in [4.78, 5) is 8.09. The minimum Gasteiger partial charge on any atom is -0.493 e. The first-order chi connectivity index (χ1) is 13.1. The molecule has 138 valence electrons. The van der Waals surface area contributed by atoms with E-state index in [1.54, 1.807) is 24.4 Å². The van der Waals surface area contributed by atoms with Gasteiger partial charge in [0.15, 0.2) is 0 Å². The molecule has 27 heavy (non-hydrogen) atoms. The van der Waals surface area contributed by atoms with E-state index >= 15 is 0 Å². The number of aromatic amines is 1. The van der Waals surface area contributed by atoms with Crippen LogP contribution >= 0.6 is 0 Å². The minimum atomic E-state index is -3.69. The van der Waals surface area contributed by atoms with Crippen molar-refractivity contribution in [1.29, 1.82) is 0 Å². The Hall–Kier alpha value is -2.64. The molecule has 4 heterocycles. The van der Waals surface area contributed by atoms with Crippen LogP contribution in [0, 0.1) is 0 Å². The summed E-state index contributed by atoms with van der Waals surface area (Å²) in [5, 5.41) is 3.29. The molecule has 6 nitrogen and oxygen atoms in total. The summed E-state index contributed by atoms with van der Waals surface area (Å²) in [7, 11) is -3.69. The third kappa shape index (κ3) is 2.65. The van der Waals surface area contributed by atoms with Gasteiger partial charge in [-0.25, -0.2) is 8.42 Å². The molecule has 2 aliphatic rings. The summed E-state index contributed by atoms with van der Waals surface area (Å²) >= 11 is 0. The van der Waals surface area contributed by atoms with Gasteiger partial charge in [-0.05, 0) is 42.3 Å². The van der Waals surface area contributed by atoms with Crippen molar-refractivity contribution in [3.63, 3.8) is 0 Å². The van der Waals surface area contributed by atoms with Crippen LogP contribution in [0.5, 0.6) is 5.75 Å². The molecule has 0 saturated carbocycles. The lowest BCUT2D eigenvalue weighted by Gasteiger charge is -2.13. The summed E-state index contributed by atoms with van der Waals surface area (Å²) < 4.78 is 32.2. The Morgan fingerprint density at radius 3 is 2.93 bits per heavy atom. The standard InChI is InChI=1S/C20H19N3O3S/c24-27(25,15-2-1-14-6-10-26-17(14)11-15)18-5-9-22-19-16(12-23-20(18)19)13-3-7-21-8-4-13/h1-3,5,9,11-12,21,23H,4,6-8,10H2. The van der Waals surface area contributed by atoms with E-state index in [1.165, 1.54) is 5.57 Å². The van der Waals surface area contributed by atoms with Gasteiger partial charge in [-0.15, -0.1) is 0 Å². The highest BCUT2D eigenvalue weighted by molar-refractivity contribution is 7.91. The SMILES string of the molecule is O=S(=O)(c1ccc2c(c1)OCC2)c1ccnc2c(C3=CCNCC3)c[nH]c12. The molecule has 7 heteroatoms. The lowest BCUT2D eigenvalue weighted by atomic mass is 10.0. The molecule has 0 aliphatic carbocycles. The molecule has 0 saturated heterocycles. The van der Waals surface area contributed by atoms with Crippen molar-refractivity contribution >= 4 is 26.4 Å². The van der Waals surface area contributed by atoms with Crippen LogP contribution in [0.15, 0.2) is 52.5 Å². The van der Waals surface area contributed by atoms with Gasteiger partial charge in [0.05, 0.1) is 27.4 Å². The molecule has 0 unspecified atom stereocenters. The van der Waals surface area contributed by atoms with Gasteiger partial charge in [0, 0.05) is 30.9 Å². The third-order valence-electron chi connectivity index (χ3n) is 5.21. The van der Waals surface area contributed by atoms with Gasteiger partial charge in [-0.2, -0.15) is 0 Å². The maximum Gasteiger partial charge on any atom is 0.208 e. The molecule has 0 spiro atoms. The number of fused-ring (bicyclic) bond motifs is 2. The van der Waals surface area contributed by atoms with Crippen molar-refractivity contribution in [3.05, 3.63) is 53.9 Å². The lowest BCUT2D eigenvalue weighted by molar-refractivity contribution is 0.356. The van der Waals surface area contributed by atoms with Gasteiger partial charge in [-0.1, -0.05) is 12.1 Å². The van der Waals surface area contributed by atoms with Crippen molar-refractivity contribution < 1.29 is 13.2 Å². The van der Waals surface area contributed by atoms with E-state index in [4.69, 9.17) is 4.74 Å². The van der Waals surface area contributed by atoms with Gasteiger partial charge in [0.2, 0.25) is 9.84 Å². The third-order valence-corrected chi connectivity index (χ3v) is 7.00. The minimum absolute atomic E-state index is 0.242. The number of rotatable bonds is 3. The van der Waals surface area contributed by atoms with Gasteiger partial charge in [-0.3, -0.25) is 4.98 Å². The summed E-state index contributed by atoms with van der Waals surface area (Å²) in [6, 6.07) is 6.69. The van der Waals surface area contributed by atoms with E-state index in [0.717, 1.165) is 37.1 Å². The number of nitrogens with zero attached hydrogens (tertiary/aromatic N) is 1. The zero-order chi connectivity index (χ0) is 18.4. The van der Waals surface area contributed by atoms with Gasteiger partial charge in [0.25, 0.3) is 0 Å². The van der Waals surface area contributed by atoms with E-state index in [9.17, 15) is 8.42 Å². The predicted molar refractivity (Wildman–Crippen MR) is 103 cm³/mol. The number of aromatic nitrogens is 2. The van der Waals surface area contributed by atoms with Crippen molar-refractivity contribution in [3.8, 4) is 5.75 Å². The zero-order valence-electron chi connectivity index (χ0n) is 14.7. The van der Waals surface area contributed by atoms with Crippen LogP contribution in [0.25, 0.3) is 16.6 Å². The number of nitrogens with one attached hydrogen (secondary N) is 2. The Morgan fingerprint density at radius 2 is 2.07 bits per heavy atom. The van der Waals surface area contributed by atoms with Crippen LogP contribution in [0.3, 0.4) is 0 Å². The lowest BCUT2D eigenvalue weighted by Crippen LogP contribution is -2.19. The van der Waals surface area contributed by atoms with Gasteiger partial charge < -0.3 is 15.0 Å². The fourth-order valence-corrected chi connectivity index (χ4v) is 5.20. The Kier molecular flexibility index (Phi) is 3.80. The predicted octanol–water partition coefficient (Wildman–Crippen LogP) is 2.71. The second-order valence-electron chi connectivity index (χ2n) is 6.79. The van der Waals surface area contributed by atoms with Crippen LogP contribution in [0.2, 0.25) is 0 Å². The molecule has 2 aliphatic heterocycles. The molecule has 5 rings (SSSR count). The molecule has 0 fully saturated rings. The molecule has 0 radical (unpaired) electrons. The normalized spacial score (nSPS) is 16.8. The number of pyridine rings is 1. The van der Waals surface area contributed by atoms with E-state index < -0.39 is 9.84 Å². The first-order valence-electron chi connectivity index (χ1n) is 9.01. The quantitative estimate of drug-likeness (QED) is 0.729. The van der Waals surface area contributed by atoms with Gasteiger partial charge in [0.1, 0.15) is 5.75 Å². The molecule has 0 bridgehead atoms. The monoisotopic (exact) mass is 381 g/mol. The summed E-state index contributed by atoms with van der Waals surface area (Å²) in [6.45, 7) is 2.32. The summed E-state index contributed by atoms with van der Waals surface area (Å²) in [5.41, 5.74) is 4.46. The zero-order valence-corrected chi connectivity index (χ0v) is 15.5. The Morgan fingerprint density at radius 1 is 1.15 bits per heavy atom. The number of hydrogen-bond donors (Lipinski definition) is 2. The highest BCUT2D eigenvalue weighted by Crippen LogP contribution is 2.34. The fraction of sp³-hybridized carbons (Fsp3) is 0.250. The average molecular weight is 381 g/mol. The Labute approximate surface area is 157 Å². The molecule has 0 amide bonds. The first kappa shape index (κ1) is 16.5. The maximum absolute atomic E-state index is 13.3. The molecular formula is C20H19N3O3S. The molecule has 3 aromatic rings. The van der Waals surface area contributed by atoms with E-state index in [0.29, 0.717) is 23.4 Å². The second-order valence-corrected chi connectivity index (χ2v) is 8.71. The highest BCUT2D eigenvalue weighted by Gasteiger charge is 2.25. The second kappa shape index (κ2) is 6.21. The van der Waals surface area contributed by atoms with E-state index in [1.807, 2.05) is 12.3 Å². The van der Waals surface area contributed by atoms with Crippen LogP contribution in [0.4, 0.5) is 0 Å². The fourth-order valence-electron chi connectivity index (χ4n) is 3.78. The van der Waals surface area contributed by atoms with Crippen LogP contribution in [-0.2, 0) is 16.3 Å². The summed E-state index contributed by atoms with van der Waals surface area (Å²) in [6.07, 6.45) is 7.28. The van der Waals surface area contributed by atoms with E-state index in [2.05, 4.69) is 21.4 Å². The molecule has 1 aromatic carbocycles. The van der Waals surface area contributed by atoms with Crippen LogP contribution < -0.4 is 10.1 Å². The average Bonchev–Trinajstić information content (AvgIpc) is 3.34. The first-order valence-corrected chi connectivity index (χ1v) is 10.5. The molecular weight excluding hydrogens is 362 g/mol. The van der Waals surface area contributed by atoms with Crippen LogP contribution in [0.1, 0.15) is 17.5 Å². The Balaban J connectivity index is 1.64. The largest absolute Gasteiger partial charge is 0.493 e. The number of hydrogen-bond acceptors (Lipinski definition) is 5. The molecule has 0 atom stereocenters. The van der Waals surface area contributed by atoms with Gasteiger partial charge >= 0.3 is 0 Å². The topological polar surface area (TPSA) is 84.1 Å². The Bertz CT molecular complexity index is 1180. The maximum atomic E-state index is 13.3. The van der Waals surface area contributed by atoms with Crippen molar-refractivity contribution in [1.82, 2.24) is 15.3 Å². The van der Waals surface area contributed by atoms with Crippen LogP contribution in [-0.4, -0.2) is 38.1 Å². The molecule has 2 N–H and O–H groups in total. The molecule has 2 aromatic heterocycles.